The summed E-state index contributed by atoms with van der Waals surface area (Å²) >= 11 is 0. The summed E-state index contributed by atoms with van der Waals surface area (Å²) in [5.41, 5.74) is 0.468. The van der Waals surface area contributed by atoms with Gasteiger partial charge in [-0.1, -0.05) is 61.9 Å². The molecule has 3 nitrogen and oxygen atoms in total. The topological polar surface area (TPSA) is 38.3 Å². The molecular weight excluding hydrogens is 290 g/mol. The van der Waals surface area contributed by atoms with Gasteiger partial charge in [-0.05, 0) is 24.3 Å². The first-order chi connectivity index (χ1) is 10.3. The average molecular weight is 315 g/mol. The van der Waals surface area contributed by atoms with Crippen LogP contribution in [-0.2, 0) is 11.3 Å². The molecule has 22 heavy (non-hydrogen) atoms. The number of nitrogens with one attached hydrogen (secondary N) is 1. The van der Waals surface area contributed by atoms with E-state index >= 15 is 0 Å². The lowest BCUT2D eigenvalue weighted by molar-refractivity contribution is 0.108. The highest BCUT2D eigenvalue weighted by Crippen LogP contribution is 2.42. The lowest BCUT2D eigenvalue weighted by Gasteiger charge is -2.46. The summed E-state index contributed by atoms with van der Waals surface area (Å²) in [5, 5.41) is 2.88. The smallest absolute Gasteiger partial charge is 0.408 e. The summed E-state index contributed by atoms with van der Waals surface area (Å²) in [6.45, 7) is 7.37. The third kappa shape index (κ3) is 4.64. The molecule has 1 N–H and O–H groups in total. The number of hydrogen-bond acceptors (Lipinski definition) is 2. The third-order valence-corrected chi connectivity index (χ3v) is 5.81. The number of amides is 1. The van der Waals surface area contributed by atoms with E-state index in [1.165, 1.54) is 6.04 Å². The quantitative estimate of drug-likeness (QED) is 0.658. The summed E-state index contributed by atoms with van der Waals surface area (Å²) in [7, 11) is -1.08. The zero-order valence-electron chi connectivity index (χ0n) is 13.7. The maximum atomic E-state index is 12.0. The monoisotopic (exact) mass is 315 g/mol. The van der Waals surface area contributed by atoms with Crippen molar-refractivity contribution in [2.24, 2.45) is 5.92 Å². The lowest BCUT2D eigenvalue weighted by Crippen LogP contribution is -2.57. The van der Waals surface area contributed by atoms with Crippen molar-refractivity contribution in [2.75, 3.05) is 0 Å². The number of alkyl carbamates (subject to hydrolysis) is 1. The molecule has 2 rings (SSSR count). The standard InChI is InChI=1S/C18H25NO2Si/c1-5-18(11-16(12-18)14-22(2,3)4)19-17(20)21-13-15-9-7-6-8-10-15/h1,6-10,16H,11-14H2,2-4H3,(H,19,20). The lowest BCUT2D eigenvalue weighted by atomic mass is 9.69. The molecule has 1 aliphatic rings. The molecule has 1 aromatic carbocycles. The summed E-state index contributed by atoms with van der Waals surface area (Å²) in [6.07, 6.45) is 6.96. The molecule has 1 saturated carbocycles. The number of terminal acetylenes is 1. The van der Waals surface area contributed by atoms with Crippen LogP contribution < -0.4 is 5.32 Å². The predicted octanol–water partition coefficient (Wildman–Crippen LogP) is 4.03. The van der Waals surface area contributed by atoms with Gasteiger partial charge in [0.2, 0.25) is 0 Å². The minimum absolute atomic E-state index is 0.270. The molecule has 0 heterocycles. The van der Waals surface area contributed by atoms with Crippen LogP contribution in [0.3, 0.4) is 0 Å². The van der Waals surface area contributed by atoms with E-state index < -0.39 is 19.7 Å². The number of rotatable bonds is 5. The second-order valence-corrected chi connectivity index (χ2v) is 13.0. The Hall–Kier alpha value is -1.73. The van der Waals surface area contributed by atoms with Gasteiger partial charge in [0.25, 0.3) is 0 Å². The van der Waals surface area contributed by atoms with Gasteiger partial charge in [-0.3, -0.25) is 0 Å². The number of ether oxygens (including phenoxy) is 1. The normalized spacial score (nSPS) is 24.0. The van der Waals surface area contributed by atoms with Crippen molar-refractivity contribution in [3.63, 3.8) is 0 Å². The van der Waals surface area contributed by atoms with Crippen molar-refractivity contribution >= 4 is 14.2 Å². The average Bonchev–Trinajstić information content (AvgIpc) is 2.42. The number of benzene rings is 1. The largest absolute Gasteiger partial charge is 0.445 e. The first-order valence-electron chi connectivity index (χ1n) is 7.79. The Morgan fingerprint density at radius 3 is 2.55 bits per heavy atom. The fraction of sp³-hybridized carbons (Fsp3) is 0.500. The van der Waals surface area contributed by atoms with Crippen LogP contribution in [0.15, 0.2) is 30.3 Å². The second kappa shape index (κ2) is 6.58. The Balaban J connectivity index is 1.79. The molecule has 4 heteroatoms. The van der Waals surface area contributed by atoms with Crippen molar-refractivity contribution < 1.29 is 9.53 Å². The Morgan fingerprint density at radius 2 is 2.00 bits per heavy atom. The molecule has 0 unspecified atom stereocenters. The van der Waals surface area contributed by atoms with Crippen molar-refractivity contribution in [2.45, 2.75) is 50.7 Å². The molecule has 1 amide bonds. The van der Waals surface area contributed by atoms with Crippen molar-refractivity contribution in [1.29, 1.82) is 0 Å². The number of hydrogen-bond donors (Lipinski definition) is 1. The van der Waals surface area contributed by atoms with Gasteiger partial charge in [0.1, 0.15) is 12.1 Å². The van der Waals surface area contributed by atoms with Gasteiger partial charge in [0.05, 0.1) is 0 Å². The maximum absolute atomic E-state index is 12.0. The molecule has 0 bridgehead atoms. The minimum Gasteiger partial charge on any atom is -0.445 e. The molecule has 0 atom stereocenters. The zero-order valence-corrected chi connectivity index (χ0v) is 14.7. The zero-order chi connectivity index (χ0) is 16.2. The van der Waals surface area contributed by atoms with Crippen molar-refractivity contribution in [3.8, 4) is 12.3 Å². The highest BCUT2D eigenvalue weighted by Gasteiger charge is 2.45. The van der Waals surface area contributed by atoms with Gasteiger partial charge >= 0.3 is 6.09 Å². The number of carbonyl (C=O) groups excluding carboxylic acids is 1. The van der Waals surface area contributed by atoms with E-state index in [2.05, 4.69) is 30.9 Å². The Morgan fingerprint density at radius 1 is 1.36 bits per heavy atom. The molecule has 1 aliphatic carbocycles. The molecule has 1 aromatic rings. The first kappa shape index (κ1) is 16.6. The molecule has 0 spiro atoms. The predicted molar refractivity (Wildman–Crippen MR) is 92.2 cm³/mol. The summed E-state index contributed by atoms with van der Waals surface area (Å²) in [4.78, 5) is 12.0. The van der Waals surface area contributed by atoms with E-state index in [9.17, 15) is 4.79 Å². The van der Waals surface area contributed by atoms with Crippen molar-refractivity contribution in [1.82, 2.24) is 5.32 Å². The van der Waals surface area contributed by atoms with Crippen LogP contribution in [0.25, 0.3) is 0 Å². The fourth-order valence-corrected chi connectivity index (χ4v) is 5.17. The summed E-state index contributed by atoms with van der Waals surface area (Å²) in [6, 6.07) is 10.9. The first-order valence-corrected chi connectivity index (χ1v) is 11.5. The summed E-state index contributed by atoms with van der Waals surface area (Å²) in [5.74, 6) is 3.40. The van der Waals surface area contributed by atoms with E-state index in [1.807, 2.05) is 30.3 Å². The van der Waals surface area contributed by atoms with Gasteiger partial charge in [0.15, 0.2) is 0 Å². The van der Waals surface area contributed by atoms with Gasteiger partial charge in [0, 0.05) is 8.07 Å². The molecule has 0 saturated heterocycles. The van der Waals surface area contributed by atoms with E-state index in [-0.39, 0.29) is 6.61 Å². The van der Waals surface area contributed by atoms with Crippen molar-refractivity contribution in [3.05, 3.63) is 35.9 Å². The molecule has 118 valence electrons. The molecule has 0 aromatic heterocycles. The van der Waals surface area contributed by atoms with Crippen LogP contribution in [0.5, 0.6) is 0 Å². The Labute approximate surface area is 134 Å². The molecule has 1 fully saturated rings. The minimum atomic E-state index is -1.08. The van der Waals surface area contributed by atoms with Crippen LogP contribution in [-0.4, -0.2) is 19.7 Å². The Kier molecular flexibility index (Phi) is 4.97. The van der Waals surface area contributed by atoms with Crippen LogP contribution in [0.2, 0.25) is 25.7 Å². The maximum Gasteiger partial charge on any atom is 0.408 e. The van der Waals surface area contributed by atoms with Gasteiger partial charge in [-0.25, -0.2) is 4.79 Å². The van der Waals surface area contributed by atoms with Gasteiger partial charge in [-0.15, -0.1) is 6.42 Å². The second-order valence-electron chi connectivity index (χ2n) is 7.45. The van der Waals surface area contributed by atoms with Crippen LogP contribution in [0, 0.1) is 18.3 Å². The fourth-order valence-electron chi connectivity index (χ4n) is 3.15. The van der Waals surface area contributed by atoms with Gasteiger partial charge < -0.3 is 10.1 Å². The van der Waals surface area contributed by atoms with Gasteiger partial charge in [-0.2, -0.15) is 0 Å². The van der Waals surface area contributed by atoms with Crippen LogP contribution >= 0.6 is 0 Å². The molecular formula is C18H25NO2Si. The van der Waals surface area contributed by atoms with E-state index in [0.29, 0.717) is 5.92 Å². The molecule has 0 aliphatic heterocycles. The van der Waals surface area contributed by atoms with Crippen LogP contribution in [0.1, 0.15) is 18.4 Å². The molecule has 0 radical (unpaired) electrons. The van der Waals surface area contributed by atoms with Crippen LogP contribution in [0.4, 0.5) is 4.79 Å². The van der Waals surface area contributed by atoms with E-state index in [1.54, 1.807) is 0 Å². The SMILES string of the molecule is C#CC1(NC(=O)OCc2ccccc2)CC(C[Si](C)(C)C)C1. The number of carbonyl (C=O) groups is 1. The highest BCUT2D eigenvalue weighted by atomic mass is 28.3. The summed E-state index contributed by atoms with van der Waals surface area (Å²) < 4.78 is 5.26. The highest BCUT2D eigenvalue weighted by molar-refractivity contribution is 6.76. The van der Waals surface area contributed by atoms with E-state index in [0.717, 1.165) is 18.4 Å². The van der Waals surface area contributed by atoms with E-state index in [4.69, 9.17) is 11.2 Å². The Bertz CT molecular complexity index is 551. The third-order valence-electron chi connectivity index (χ3n) is 4.01.